The van der Waals surface area contributed by atoms with Crippen LogP contribution in [0.4, 0.5) is 6.01 Å². The van der Waals surface area contributed by atoms with E-state index in [2.05, 4.69) is 10.3 Å². The molecule has 2 aromatic rings. The second kappa shape index (κ2) is 7.23. The maximum absolute atomic E-state index is 11.8. The number of carbonyl (C=O) groups is 2. The Balaban J connectivity index is 1.84. The molecular formula is C15H16N2O4. The molecule has 1 aromatic heterocycles. The molecule has 1 N–H and O–H groups in total. The SMILES string of the molecule is CCOC(=O)c1coc(NC(=O)CCc2ccccc2)n1. The number of anilines is 1. The summed E-state index contributed by atoms with van der Waals surface area (Å²) in [6.07, 6.45) is 2.09. The lowest BCUT2D eigenvalue weighted by Crippen LogP contribution is -2.13. The third-order valence-corrected chi connectivity index (χ3v) is 2.72. The van der Waals surface area contributed by atoms with Crippen LogP contribution in [0.3, 0.4) is 0 Å². The van der Waals surface area contributed by atoms with Gasteiger partial charge in [-0.15, -0.1) is 0 Å². The van der Waals surface area contributed by atoms with Crippen LogP contribution in [0.1, 0.15) is 29.4 Å². The average molecular weight is 288 g/mol. The molecule has 0 aliphatic carbocycles. The van der Waals surface area contributed by atoms with E-state index in [0.717, 1.165) is 11.8 Å². The van der Waals surface area contributed by atoms with Crippen molar-refractivity contribution in [2.45, 2.75) is 19.8 Å². The van der Waals surface area contributed by atoms with E-state index in [1.807, 2.05) is 30.3 Å². The Kier molecular flexibility index (Phi) is 5.09. The van der Waals surface area contributed by atoms with Crippen molar-refractivity contribution in [2.75, 3.05) is 11.9 Å². The van der Waals surface area contributed by atoms with Crippen LogP contribution in [0, 0.1) is 0 Å². The van der Waals surface area contributed by atoms with Crippen LogP contribution in [-0.2, 0) is 16.0 Å². The van der Waals surface area contributed by atoms with Gasteiger partial charge < -0.3 is 9.15 Å². The number of rotatable bonds is 6. The molecule has 110 valence electrons. The van der Waals surface area contributed by atoms with Crippen molar-refractivity contribution in [1.29, 1.82) is 0 Å². The number of hydrogen-bond donors (Lipinski definition) is 1. The second-order valence-electron chi connectivity index (χ2n) is 4.29. The van der Waals surface area contributed by atoms with Crippen LogP contribution < -0.4 is 5.32 Å². The van der Waals surface area contributed by atoms with E-state index in [1.165, 1.54) is 0 Å². The van der Waals surface area contributed by atoms with Crippen LogP contribution in [0.15, 0.2) is 41.0 Å². The Morgan fingerprint density at radius 2 is 2.05 bits per heavy atom. The number of aromatic nitrogens is 1. The minimum Gasteiger partial charge on any atom is -0.461 e. The fourth-order valence-electron chi connectivity index (χ4n) is 1.71. The van der Waals surface area contributed by atoms with Crippen molar-refractivity contribution in [2.24, 2.45) is 0 Å². The van der Waals surface area contributed by atoms with Crippen LogP contribution in [0.5, 0.6) is 0 Å². The van der Waals surface area contributed by atoms with E-state index in [0.29, 0.717) is 12.8 Å². The maximum Gasteiger partial charge on any atom is 0.360 e. The van der Waals surface area contributed by atoms with Gasteiger partial charge in [0.1, 0.15) is 6.26 Å². The van der Waals surface area contributed by atoms with Gasteiger partial charge in [0, 0.05) is 6.42 Å². The van der Waals surface area contributed by atoms with Crippen molar-refractivity contribution < 1.29 is 18.7 Å². The number of oxazole rings is 1. The largest absolute Gasteiger partial charge is 0.461 e. The Bertz CT molecular complexity index is 607. The highest BCUT2D eigenvalue weighted by Crippen LogP contribution is 2.10. The number of carbonyl (C=O) groups excluding carboxylic acids is 2. The molecule has 0 saturated carbocycles. The molecule has 6 heteroatoms. The topological polar surface area (TPSA) is 81.4 Å². The number of hydrogen-bond acceptors (Lipinski definition) is 5. The standard InChI is InChI=1S/C15H16N2O4/c1-2-20-14(19)12-10-21-15(16-12)17-13(18)9-8-11-6-4-3-5-7-11/h3-7,10H,2,8-9H2,1H3,(H,16,17,18). The van der Waals surface area contributed by atoms with Gasteiger partial charge in [-0.2, -0.15) is 4.98 Å². The summed E-state index contributed by atoms with van der Waals surface area (Å²) in [7, 11) is 0. The maximum atomic E-state index is 11.8. The van der Waals surface area contributed by atoms with Crippen molar-refractivity contribution in [3.05, 3.63) is 47.9 Å². The summed E-state index contributed by atoms with van der Waals surface area (Å²) in [5.74, 6) is -0.804. The number of nitrogens with zero attached hydrogens (tertiary/aromatic N) is 1. The van der Waals surface area contributed by atoms with Gasteiger partial charge in [-0.05, 0) is 18.9 Å². The fourth-order valence-corrected chi connectivity index (χ4v) is 1.71. The average Bonchev–Trinajstić information content (AvgIpc) is 2.95. The summed E-state index contributed by atoms with van der Waals surface area (Å²) in [4.78, 5) is 27.0. The van der Waals surface area contributed by atoms with Crippen molar-refractivity contribution in [3.8, 4) is 0 Å². The smallest absolute Gasteiger partial charge is 0.360 e. The quantitative estimate of drug-likeness (QED) is 0.825. The summed E-state index contributed by atoms with van der Waals surface area (Å²) in [6.45, 7) is 1.95. The molecule has 1 heterocycles. The molecular weight excluding hydrogens is 272 g/mol. The Hall–Kier alpha value is -2.63. The van der Waals surface area contributed by atoms with E-state index in [-0.39, 0.29) is 24.2 Å². The van der Waals surface area contributed by atoms with E-state index >= 15 is 0 Å². The van der Waals surface area contributed by atoms with Crippen LogP contribution in [0.2, 0.25) is 0 Å². The van der Waals surface area contributed by atoms with Crippen molar-refractivity contribution >= 4 is 17.9 Å². The fraction of sp³-hybridized carbons (Fsp3) is 0.267. The molecule has 21 heavy (non-hydrogen) atoms. The van der Waals surface area contributed by atoms with Gasteiger partial charge in [-0.3, -0.25) is 10.1 Å². The van der Waals surface area contributed by atoms with Gasteiger partial charge in [0.2, 0.25) is 5.91 Å². The Labute approximate surface area is 122 Å². The predicted octanol–water partition coefficient (Wildman–Crippen LogP) is 2.42. The first kappa shape index (κ1) is 14.8. The molecule has 0 aliphatic rings. The van der Waals surface area contributed by atoms with Crippen molar-refractivity contribution in [1.82, 2.24) is 4.98 Å². The molecule has 6 nitrogen and oxygen atoms in total. The molecule has 0 spiro atoms. The molecule has 0 bridgehead atoms. The monoisotopic (exact) mass is 288 g/mol. The Morgan fingerprint density at radius 1 is 1.29 bits per heavy atom. The highest BCUT2D eigenvalue weighted by atomic mass is 16.5. The van der Waals surface area contributed by atoms with Crippen LogP contribution in [-0.4, -0.2) is 23.5 Å². The van der Waals surface area contributed by atoms with E-state index < -0.39 is 5.97 Å². The molecule has 1 amide bonds. The number of nitrogens with one attached hydrogen (secondary N) is 1. The number of aryl methyl sites for hydroxylation is 1. The first-order chi connectivity index (χ1) is 10.2. The molecule has 0 aliphatic heterocycles. The van der Waals surface area contributed by atoms with Gasteiger partial charge in [0.05, 0.1) is 6.61 Å². The van der Waals surface area contributed by atoms with Gasteiger partial charge in [-0.25, -0.2) is 4.79 Å². The first-order valence-corrected chi connectivity index (χ1v) is 6.65. The summed E-state index contributed by atoms with van der Waals surface area (Å²) < 4.78 is 9.79. The summed E-state index contributed by atoms with van der Waals surface area (Å²) in [5.41, 5.74) is 1.11. The zero-order chi connectivity index (χ0) is 15.1. The molecule has 1 aromatic carbocycles. The third kappa shape index (κ3) is 4.45. The summed E-state index contributed by atoms with van der Waals surface area (Å²) >= 11 is 0. The first-order valence-electron chi connectivity index (χ1n) is 6.65. The van der Waals surface area contributed by atoms with E-state index in [1.54, 1.807) is 6.92 Å². The van der Waals surface area contributed by atoms with Gasteiger partial charge in [0.25, 0.3) is 0 Å². The lowest BCUT2D eigenvalue weighted by atomic mass is 10.1. The van der Waals surface area contributed by atoms with Gasteiger partial charge in [-0.1, -0.05) is 30.3 Å². The minimum absolute atomic E-state index is 0.00360. The zero-order valence-corrected chi connectivity index (χ0v) is 11.7. The van der Waals surface area contributed by atoms with E-state index in [4.69, 9.17) is 9.15 Å². The molecule has 0 fully saturated rings. The molecule has 0 radical (unpaired) electrons. The summed E-state index contributed by atoms with van der Waals surface area (Å²) in [6, 6.07) is 9.68. The highest BCUT2D eigenvalue weighted by Gasteiger charge is 2.14. The number of ether oxygens (including phenoxy) is 1. The lowest BCUT2D eigenvalue weighted by Gasteiger charge is -2.01. The predicted molar refractivity (Wildman–Crippen MR) is 75.9 cm³/mol. The number of amides is 1. The number of benzene rings is 1. The zero-order valence-electron chi connectivity index (χ0n) is 11.7. The molecule has 0 unspecified atom stereocenters. The van der Waals surface area contributed by atoms with Crippen LogP contribution >= 0.6 is 0 Å². The van der Waals surface area contributed by atoms with E-state index in [9.17, 15) is 9.59 Å². The minimum atomic E-state index is -0.578. The van der Waals surface area contributed by atoms with Crippen molar-refractivity contribution in [3.63, 3.8) is 0 Å². The second-order valence-corrected chi connectivity index (χ2v) is 4.29. The molecule has 2 rings (SSSR count). The highest BCUT2D eigenvalue weighted by molar-refractivity contribution is 5.90. The normalized spacial score (nSPS) is 10.1. The molecule has 0 saturated heterocycles. The van der Waals surface area contributed by atoms with Crippen LogP contribution in [0.25, 0.3) is 0 Å². The lowest BCUT2D eigenvalue weighted by molar-refractivity contribution is -0.116. The third-order valence-electron chi connectivity index (χ3n) is 2.72. The van der Waals surface area contributed by atoms with Gasteiger partial charge in [0.15, 0.2) is 5.69 Å². The number of esters is 1. The Morgan fingerprint density at radius 3 is 2.76 bits per heavy atom. The molecule has 0 atom stereocenters. The van der Waals surface area contributed by atoms with Gasteiger partial charge >= 0.3 is 12.0 Å². The summed E-state index contributed by atoms with van der Waals surface area (Å²) in [5, 5.41) is 2.51.